The summed E-state index contributed by atoms with van der Waals surface area (Å²) in [6, 6.07) is 10.7. The fraction of sp³-hybridized carbons (Fsp3) is 0.421. The molecule has 0 unspecified atom stereocenters. The lowest BCUT2D eigenvalue weighted by atomic mass is 10.1. The van der Waals surface area contributed by atoms with Crippen molar-refractivity contribution in [2.24, 2.45) is 5.92 Å². The van der Waals surface area contributed by atoms with Gasteiger partial charge in [0.15, 0.2) is 0 Å². The normalized spacial score (nSPS) is 15.8. The van der Waals surface area contributed by atoms with Gasteiger partial charge in [0, 0.05) is 30.1 Å². The van der Waals surface area contributed by atoms with Gasteiger partial charge in [-0.25, -0.2) is 8.42 Å². The van der Waals surface area contributed by atoms with E-state index >= 15 is 0 Å². The number of hydrogen-bond donors (Lipinski definition) is 1. The van der Waals surface area contributed by atoms with E-state index in [1.165, 1.54) is 15.6 Å². The van der Waals surface area contributed by atoms with Gasteiger partial charge >= 0.3 is 0 Å². The summed E-state index contributed by atoms with van der Waals surface area (Å²) in [5.41, 5.74) is 1.40. The predicted octanol–water partition coefficient (Wildman–Crippen LogP) is 2.82. The maximum Gasteiger partial charge on any atom is 0.252 e. The van der Waals surface area contributed by atoms with Crippen molar-refractivity contribution in [3.05, 3.63) is 42.0 Å². The molecular weight excluding hydrogens is 384 g/mol. The predicted molar refractivity (Wildman–Crippen MR) is 107 cm³/mol. The number of nitrogens with zero attached hydrogens (tertiary/aromatic N) is 1. The van der Waals surface area contributed by atoms with E-state index in [9.17, 15) is 13.2 Å². The van der Waals surface area contributed by atoms with Crippen LogP contribution in [0.1, 0.15) is 24.2 Å². The lowest BCUT2D eigenvalue weighted by molar-refractivity contribution is 0.0731. The number of morpholine rings is 1. The Balaban J connectivity index is 1.80. The molecule has 1 aliphatic rings. The monoisotopic (exact) mass is 408 g/mol. The first-order valence-electron chi connectivity index (χ1n) is 8.94. The molecule has 0 atom stereocenters. The number of nitrogens with one attached hydrogen (secondary N) is 1. The number of benzene rings is 1. The van der Waals surface area contributed by atoms with Crippen LogP contribution in [0, 0.1) is 5.92 Å². The number of amides is 1. The Hall–Kier alpha value is -1.74. The van der Waals surface area contributed by atoms with Crippen molar-refractivity contribution in [3.8, 4) is 10.4 Å². The molecule has 1 aromatic carbocycles. The summed E-state index contributed by atoms with van der Waals surface area (Å²) in [7, 11) is -3.50. The van der Waals surface area contributed by atoms with Gasteiger partial charge in [0.05, 0.1) is 13.2 Å². The Kier molecular flexibility index (Phi) is 6.31. The van der Waals surface area contributed by atoms with Crippen LogP contribution in [0.3, 0.4) is 0 Å². The second kappa shape index (κ2) is 8.52. The second-order valence-corrected chi connectivity index (χ2v) is 10.1. The van der Waals surface area contributed by atoms with Crippen molar-refractivity contribution in [1.29, 1.82) is 0 Å². The second-order valence-electron chi connectivity index (χ2n) is 6.82. The van der Waals surface area contributed by atoms with Crippen molar-refractivity contribution < 1.29 is 17.9 Å². The van der Waals surface area contributed by atoms with Crippen molar-refractivity contribution in [2.45, 2.75) is 18.1 Å². The SMILES string of the molecule is CC(C)CNC(=O)c1cccc(-c2ccc(S(=O)(=O)N3CCOCC3)s2)c1. The van der Waals surface area contributed by atoms with Crippen LogP contribution in [0.4, 0.5) is 0 Å². The third-order valence-electron chi connectivity index (χ3n) is 4.23. The molecule has 1 aromatic heterocycles. The third-order valence-corrected chi connectivity index (χ3v) is 7.73. The van der Waals surface area contributed by atoms with Gasteiger partial charge in [-0.15, -0.1) is 11.3 Å². The summed E-state index contributed by atoms with van der Waals surface area (Å²) in [4.78, 5) is 13.1. The molecule has 27 heavy (non-hydrogen) atoms. The Morgan fingerprint density at radius 2 is 1.96 bits per heavy atom. The van der Waals surface area contributed by atoms with Crippen molar-refractivity contribution in [1.82, 2.24) is 9.62 Å². The Labute approximate surface area is 164 Å². The third kappa shape index (κ3) is 4.76. The van der Waals surface area contributed by atoms with Crippen LogP contribution in [0.25, 0.3) is 10.4 Å². The topological polar surface area (TPSA) is 75.7 Å². The number of thiophene rings is 1. The quantitative estimate of drug-likeness (QED) is 0.797. The van der Waals surface area contributed by atoms with Crippen LogP contribution >= 0.6 is 11.3 Å². The largest absolute Gasteiger partial charge is 0.379 e. The van der Waals surface area contributed by atoms with Crippen LogP contribution in [0.15, 0.2) is 40.6 Å². The molecule has 2 aromatic rings. The molecule has 1 amide bonds. The fourth-order valence-electron chi connectivity index (χ4n) is 2.74. The summed E-state index contributed by atoms with van der Waals surface area (Å²) in [6.07, 6.45) is 0. The van der Waals surface area contributed by atoms with E-state index in [-0.39, 0.29) is 5.91 Å². The molecule has 1 N–H and O–H groups in total. The zero-order valence-electron chi connectivity index (χ0n) is 15.5. The summed E-state index contributed by atoms with van der Waals surface area (Å²) in [5, 5.41) is 2.90. The highest BCUT2D eigenvalue weighted by molar-refractivity contribution is 7.91. The van der Waals surface area contributed by atoms with E-state index in [0.717, 1.165) is 10.4 Å². The molecule has 0 bridgehead atoms. The Morgan fingerprint density at radius 1 is 1.22 bits per heavy atom. The number of carbonyl (C=O) groups excluding carboxylic acids is 1. The molecular formula is C19H24N2O4S2. The van der Waals surface area contributed by atoms with Gasteiger partial charge in [0.2, 0.25) is 0 Å². The van der Waals surface area contributed by atoms with Crippen molar-refractivity contribution in [3.63, 3.8) is 0 Å². The van der Waals surface area contributed by atoms with Gasteiger partial charge in [-0.05, 0) is 35.7 Å². The van der Waals surface area contributed by atoms with Crippen molar-refractivity contribution >= 4 is 27.3 Å². The minimum atomic E-state index is -3.50. The van der Waals surface area contributed by atoms with E-state index in [4.69, 9.17) is 4.74 Å². The maximum absolute atomic E-state index is 12.8. The Morgan fingerprint density at radius 3 is 2.67 bits per heavy atom. The highest BCUT2D eigenvalue weighted by atomic mass is 32.2. The van der Waals surface area contributed by atoms with Gasteiger partial charge in [0.25, 0.3) is 15.9 Å². The molecule has 0 aliphatic carbocycles. The first kappa shape index (κ1) is 20.0. The molecule has 3 rings (SSSR count). The zero-order valence-corrected chi connectivity index (χ0v) is 17.1. The standard InChI is InChI=1S/C19H24N2O4S2/c1-14(2)13-20-19(22)16-5-3-4-15(12-16)17-6-7-18(26-17)27(23,24)21-8-10-25-11-9-21/h3-7,12,14H,8-11,13H2,1-2H3,(H,20,22). The number of carbonyl (C=O) groups is 1. The summed E-state index contributed by atoms with van der Waals surface area (Å²) in [5.74, 6) is 0.255. The lowest BCUT2D eigenvalue weighted by Crippen LogP contribution is -2.40. The number of rotatable bonds is 6. The summed E-state index contributed by atoms with van der Waals surface area (Å²) >= 11 is 1.22. The van der Waals surface area contributed by atoms with E-state index < -0.39 is 10.0 Å². The lowest BCUT2D eigenvalue weighted by Gasteiger charge is -2.25. The van der Waals surface area contributed by atoms with Gasteiger partial charge in [-0.2, -0.15) is 4.31 Å². The van der Waals surface area contributed by atoms with Gasteiger partial charge in [0.1, 0.15) is 4.21 Å². The molecule has 1 aliphatic heterocycles. The van der Waals surface area contributed by atoms with Crippen LogP contribution in [-0.2, 0) is 14.8 Å². The maximum atomic E-state index is 12.8. The molecule has 1 saturated heterocycles. The van der Waals surface area contributed by atoms with Gasteiger partial charge in [-0.3, -0.25) is 4.79 Å². The average Bonchev–Trinajstić information content (AvgIpc) is 3.18. The fourth-order valence-corrected chi connectivity index (χ4v) is 5.61. The van der Waals surface area contributed by atoms with Crippen molar-refractivity contribution in [2.75, 3.05) is 32.8 Å². The molecule has 0 radical (unpaired) electrons. The molecule has 0 saturated carbocycles. The molecule has 146 valence electrons. The molecule has 2 heterocycles. The van der Waals surface area contributed by atoms with Crippen LogP contribution in [0.5, 0.6) is 0 Å². The molecule has 6 nitrogen and oxygen atoms in total. The molecule has 1 fully saturated rings. The van der Waals surface area contributed by atoms with Crippen LogP contribution < -0.4 is 5.32 Å². The zero-order chi connectivity index (χ0) is 19.4. The first-order chi connectivity index (χ1) is 12.9. The minimum absolute atomic E-state index is 0.122. The van der Waals surface area contributed by atoms with Crippen LogP contribution in [0.2, 0.25) is 0 Å². The molecule has 0 spiro atoms. The Bertz CT molecular complexity index is 900. The minimum Gasteiger partial charge on any atom is -0.379 e. The molecule has 8 heteroatoms. The van der Waals surface area contributed by atoms with Gasteiger partial charge in [-0.1, -0.05) is 26.0 Å². The highest BCUT2D eigenvalue weighted by Crippen LogP contribution is 2.33. The number of hydrogen-bond acceptors (Lipinski definition) is 5. The van der Waals surface area contributed by atoms with Gasteiger partial charge < -0.3 is 10.1 Å². The summed E-state index contributed by atoms with van der Waals surface area (Å²) in [6.45, 7) is 6.29. The van der Waals surface area contributed by atoms with E-state index in [1.54, 1.807) is 24.3 Å². The van der Waals surface area contributed by atoms with Crippen LogP contribution in [-0.4, -0.2) is 51.5 Å². The first-order valence-corrected chi connectivity index (χ1v) is 11.2. The van der Waals surface area contributed by atoms with E-state index in [1.807, 2.05) is 26.0 Å². The van der Waals surface area contributed by atoms with E-state index in [2.05, 4.69) is 5.32 Å². The average molecular weight is 409 g/mol. The highest BCUT2D eigenvalue weighted by Gasteiger charge is 2.27. The number of ether oxygens (including phenoxy) is 1. The number of sulfonamides is 1. The summed E-state index contributed by atoms with van der Waals surface area (Å²) < 4.78 is 32.6. The van der Waals surface area contributed by atoms with E-state index in [0.29, 0.717) is 48.5 Å². The smallest absolute Gasteiger partial charge is 0.252 e.